The standard InChI is InChI=1S/C17H23NO6/c1-4-22-17(21)18-15(19)11-24-16(20)13-5-7-14(8-6-13)23-10-9-12(2)3/h5-8,12H,4,9-11H2,1-3H3,(H,18,19,21). The second kappa shape index (κ2) is 10.3. The van der Waals surface area contributed by atoms with Gasteiger partial charge in [0.2, 0.25) is 0 Å². The molecule has 0 aliphatic carbocycles. The van der Waals surface area contributed by atoms with E-state index in [1.54, 1.807) is 31.2 Å². The fraction of sp³-hybridized carbons (Fsp3) is 0.471. The van der Waals surface area contributed by atoms with Gasteiger partial charge in [-0.3, -0.25) is 10.1 Å². The topological polar surface area (TPSA) is 90.9 Å². The number of rotatable bonds is 8. The summed E-state index contributed by atoms with van der Waals surface area (Å²) >= 11 is 0. The van der Waals surface area contributed by atoms with Gasteiger partial charge in [0.15, 0.2) is 6.61 Å². The zero-order chi connectivity index (χ0) is 17.9. The van der Waals surface area contributed by atoms with Crippen molar-refractivity contribution in [3.8, 4) is 5.75 Å². The van der Waals surface area contributed by atoms with Crippen molar-refractivity contribution >= 4 is 18.0 Å². The molecule has 132 valence electrons. The molecular formula is C17H23NO6. The molecule has 0 fully saturated rings. The third-order valence-corrected chi connectivity index (χ3v) is 2.91. The molecule has 7 nitrogen and oxygen atoms in total. The number of amides is 2. The van der Waals surface area contributed by atoms with E-state index in [9.17, 15) is 14.4 Å². The number of esters is 1. The summed E-state index contributed by atoms with van der Waals surface area (Å²) < 4.78 is 14.9. The van der Waals surface area contributed by atoms with Gasteiger partial charge in [-0.25, -0.2) is 9.59 Å². The van der Waals surface area contributed by atoms with Crippen LogP contribution in [0.15, 0.2) is 24.3 Å². The molecule has 0 aliphatic rings. The highest BCUT2D eigenvalue weighted by Gasteiger charge is 2.13. The van der Waals surface area contributed by atoms with Crippen LogP contribution >= 0.6 is 0 Å². The monoisotopic (exact) mass is 337 g/mol. The van der Waals surface area contributed by atoms with Crippen LogP contribution in [0, 0.1) is 5.92 Å². The molecule has 0 bridgehead atoms. The molecule has 1 rings (SSSR count). The number of alkyl carbamates (subject to hydrolysis) is 1. The molecule has 7 heteroatoms. The molecule has 0 aromatic heterocycles. The third kappa shape index (κ3) is 7.62. The fourth-order valence-electron chi connectivity index (χ4n) is 1.63. The van der Waals surface area contributed by atoms with Crippen molar-refractivity contribution < 1.29 is 28.6 Å². The molecule has 0 unspecified atom stereocenters. The van der Waals surface area contributed by atoms with Crippen molar-refractivity contribution in [2.24, 2.45) is 5.92 Å². The van der Waals surface area contributed by atoms with Crippen molar-refractivity contribution in [2.45, 2.75) is 27.2 Å². The first-order chi connectivity index (χ1) is 11.4. The van der Waals surface area contributed by atoms with Gasteiger partial charge < -0.3 is 14.2 Å². The minimum Gasteiger partial charge on any atom is -0.494 e. The van der Waals surface area contributed by atoms with E-state index < -0.39 is 24.6 Å². The van der Waals surface area contributed by atoms with E-state index in [-0.39, 0.29) is 12.2 Å². The van der Waals surface area contributed by atoms with Crippen LogP contribution in [-0.4, -0.2) is 37.8 Å². The minimum atomic E-state index is -0.874. The van der Waals surface area contributed by atoms with Crippen LogP contribution in [0.3, 0.4) is 0 Å². The Morgan fingerprint density at radius 2 is 1.75 bits per heavy atom. The van der Waals surface area contributed by atoms with Crippen LogP contribution in [-0.2, 0) is 14.3 Å². The van der Waals surface area contributed by atoms with Crippen LogP contribution in [0.25, 0.3) is 0 Å². The average molecular weight is 337 g/mol. The SMILES string of the molecule is CCOC(=O)NC(=O)COC(=O)c1ccc(OCCC(C)C)cc1. The number of imide groups is 1. The summed E-state index contributed by atoms with van der Waals surface area (Å²) in [4.78, 5) is 34.2. The lowest BCUT2D eigenvalue weighted by Crippen LogP contribution is -2.34. The third-order valence-electron chi connectivity index (χ3n) is 2.91. The molecule has 0 atom stereocenters. The predicted octanol–water partition coefficient (Wildman–Crippen LogP) is 2.54. The van der Waals surface area contributed by atoms with Crippen molar-refractivity contribution in [2.75, 3.05) is 19.8 Å². The summed E-state index contributed by atoms with van der Waals surface area (Å²) in [5.74, 6) is -0.203. The smallest absolute Gasteiger partial charge is 0.413 e. The van der Waals surface area contributed by atoms with E-state index in [2.05, 4.69) is 18.6 Å². The van der Waals surface area contributed by atoms with E-state index >= 15 is 0 Å². The zero-order valence-electron chi connectivity index (χ0n) is 14.2. The fourth-order valence-corrected chi connectivity index (χ4v) is 1.63. The Balaban J connectivity index is 2.39. The highest BCUT2D eigenvalue weighted by Crippen LogP contribution is 2.14. The lowest BCUT2D eigenvalue weighted by molar-refractivity contribution is -0.123. The molecule has 0 spiro atoms. The quantitative estimate of drug-likeness (QED) is 0.733. The molecule has 24 heavy (non-hydrogen) atoms. The van der Waals surface area contributed by atoms with Gasteiger partial charge in [0, 0.05) is 0 Å². The molecule has 2 amide bonds. The molecule has 0 saturated heterocycles. The summed E-state index contributed by atoms with van der Waals surface area (Å²) in [5, 5.41) is 1.93. The largest absolute Gasteiger partial charge is 0.494 e. The Bertz CT molecular complexity index is 553. The molecule has 0 radical (unpaired) electrons. The van der Waals surface area contributed by atoms with Gasteiger partial charge >= 0.3 is 12.1 Å². The molecule has 0 heterocycles. The number of ether oxygens (including phenoxy) is 3. The Kier molecular flexibility index (Phi) is 8.32. The Morgan fingerprint density at radius 3 is 2.33 bits per heavy atom. The molecular weight excluding hydrogens is 314 g/mol. The van der Waals surface area contributed by atoms with E-state index in [0.29, 0.717) is 18.3 Å². The lowest BCUT2D eigenvalue weighted by Gasteiger charge is -2.09. The van der Waals surface area contributed by atoms with E-state index in [1.807, 2.05) is 5.32 Å². The molecule has 1 N–H and O–H groups in total. The normalized spacial score (nSPS) is 10.2. The van der Waals surface area contributed by atoms with Gasteiger partial charge in [-0.1, -0.05) is 13.8 Å². The van der Waals surface area contributed by atoms with Crippen molar-refractivity contribution in [3.63, 3.8) is 0 Å². The van der Waals surface area contributed by atoms with E-state index in [0.717, 1.165) is 6.42 Å². The van der Waals surface area contributed by atoms with Crippen molar-refractivity contribution in [3.05, 3.63) is 29.8 Å². The number of benzene rings is 1. The van der Waals surface area contributed by atoms with Crippen molar-refractivity contribution in [1.29, 1.82) is 0 Å². The van der Waals surface area contributed by atoms with Crippen molar-refractivity contribution in [1.82, 2.24) is 5.32 Å². The summed E-state index contributed by atoms with van der Waals surface area (Å²) in [7, 11) is 0. The molecule has 0 aliphatic heterocycles. The first-order valence-electron chi connectivity index (χ1n) is 7.79. The van der Waals surface area contributed by atoms with E-state index in [4.69, 9.17) is 9.47 Å². The minimum absolute atomic E-state index is 0.143. The van der Waals surface area contributed by atoms with Gasteiger partial charge in [0.1, 0.15) is 5.75 Å². The van der Waals surface area contributed by atoms with Gasteiger partial charge in [-0.2, -0.15) is 0 Å². The van der Waals surface area contributed by atoms with Gasteiger partial charge in [-0.15, -0.1) is 0 Å². The van der Waals surface area contributed by atoms with Crippen LogP contribution in [0.1, 0.15) is 37.6 Å². The number of carbonyl (C=O) groups excluding carboxylic acids is 3. The molecule has 1 aromatic carbocycles. The Hall–Kier alpha value is -2.57. The van der Waals surface area contributed by atoms with Crippen LogP contribution in [0.4, 0.5) is 4.79 Å². The molecule has 1 aromatic rings. The van der Waals surface area contributed by atoms with Gasteiger partial charge in [-0.05, 0) is 43.5 Å². The molecule has 0 saturated carbocycles. The summed E-state index contributed by atoms with van der Waals surface area (Å²) in [6.45, 7) is 6.02. The highest BCUT2D eigenvalue weighted by molar-refractivity contribution is 5.95. The summed E-state index contributed by atoms with van der Waals surface area (Å²) in [6, 6.07) is 6.43. The predicted molar refractivity (Wildman–Crippen MR) is 86.8 cm³/mol. The maximum atomic E-state index is 11.8. The number of carbonyl (C=O) groups is 3. The summed E-state index contributed by atoms with van der Waals surface area (Å²) in [6.07, 6.45) is 0.0702. The highest BCUT2D eigenvalue weighted by atomic mass is 16.6. The lowest BCUT2D eigenvalue weighted by atomic mass is 10.1. The van der Waals surface area contributed by atoms with Crippen LogP contribution in [0.5, 0.6) is 5.75 Å². The maximum Gasteiger partial charge on any atom is 0.413 e. The number of nitrogens with one attached hydrogen (secondary N) is 1. The second-order valence-electron chi connectivity index (χ2n) is 5.40. The number of hydrogen-bond donors (Lipinski definition) is 1. The van der Waals surface area contributed by atoms with Gasteiger partial charge in [0.05, 0.1) is 18.8 Å². The zero-order valence-corrected chi connectivity index (χ0v) is 14.2. The average Bonchev–Trinajstić information content (AvgIpc) is 2.53. The van der Waals surface area contributed by atoms with E-state index in [1.165, 1.54) is 0 Å². The Labute approximate surface area is 141 Å². The van der Waals surface area contributed by atoms with Gasteiger partial charge in [0.25, 0.3) is 5.91 Å². The first kappa shape index (κ1) is 19.5. The summed E-state index contributed by atoms with van der Waals surface area (Å²) in [5.41, 5.74) is 0.287. The first-order valence-corrected chi connectivity index (χ1v) is 7.79. The number of hydrogen-bond acceptors (Lipinski definition) is 6. The Morgan fingerprint density at radius 1 is 1.08 bits per heavy atom. The van der Waals surface area contributed by atoms with Crippen LogP contribution < -0.4 is 10.1 Å². The maximum absolute atomic E-state index is 11.8. The van der Waals surface area contributed by atoms with Crippen LogP contribution in [0.2, 0.25) is 0 Å². The second-order valence-corrected chi connectivity index (χ2v) is 5.40.